The summed E-state index contributed by atoms with van der Waals surface area (Å²) in [5.74, 6) is 5.80. The number of carbonyl (C=O) groups is 5. The Kier molecular flexibility index (Phi) is 9.77. The summed E-state index contributed by atoms with van der Waals surface area (Å²) in [5, 5.41) is 11.9. The van der Waals surface area contributed by atoms with Crippen LogP contribution in [0.25, 0.3) is 0 Å². The number of halogens is 1. The lowest BCUT2D eigenvalue weighted by Crippen LogP contribution is -2.74. The summed E-state index contributed by atoms with van der Waals surface area (Å²) in [7, 11) is 0. The van der Waals surface area contributed by atoms with E-state index in [9.17, 15) is 29.2 Å². The van der Waals surface area contributed by atoms with Crippen LogP contribution >= 0.6 is 11.6 Å². The van der Waals surface area contributed by atoms with E-state index < -0.39 is 29.7 Å². The summed E-state index contributed by atoms with van der Waals surface area (Å²) in [4.78, 5) is 77.4. The number of nitriles is 1. The minimum atomic E-state index is -0.973. The highest BCUT2D eigenvalue weighted by Crippen LogP contribution is 2.59. The maximum atomic E-state index is 13.8. The van der Waals surface area contributed by atoms with E-state index in [0.29, 0.717) is 57.2 Å². The van der Waals surface area contributed by atoms with Gasteiger partial charge in [-0.25, -0.2) is 4.98 Å². The molecule has 2 aliphatic carbocycles. The van der Waals surface area contributed by atoms with Gasteiger partial charge >= 0.3 is 0 Å². The Bertz CT molecular complexity index is 2590. The monoisotopic (exact) mass is 867 g/mol. The van der Waals surface area contributed by atoms with Crippen molar-refractivity contribution in [2.24, 2.45) is 22.2 Å². The molecule has 2 saturated carbocycles. The highest BCUT2D eigenvalue weighted by molar-refractivity contribution is 6.31. The summed E-state index contributed by atoms with van der Waals surface area (Å²) < 4.78 is 6.48. The standard InChI is InChI=1S/C49H50ClN7O6/c1-47(2)45(48(3,4)46(47)63-33-14-8-29(23-51)37(50)22-33)56-24-38-35(42(56)60)15-10-30(52-38)9-5-28-6-11-31(12-7-28)54-20-19-49(25-54)26-55(27-49)32-13-16-34-36(21-32)44(62)57(43(34)61)39-17-18-40(58)53-41(39)59/h8,10,13-16,21-22,28,31,39,45-46H,6-7,11-12,17-20,24-27H2,1-4H3,(H,53,58,59). The van der Waals surface area contributed by atoms with Crippen molar-refractivity contribution in [3.05, 3.63) is 87.2 Å². The van der Waals surface area contributed by atoms with Crippen molar-refractivity contribution in [2.75, 3.05) is 31.1 Å². The van der Waals surface area contributed by atoms with Crippen LogP contribution in [0.1, 0.15) is 121 Å². The normalized spacial score (nSPS) is 27.8. The van der Waals surface area contributed by atoms with Gasteiger partial charge < -0.3 is 14.5 Å². The van der Waals surface area contributed by atoms with E-state index >= 15 is 0 Å². The van der Waals surface area contributed by atoms with Crippen LogP contribution in [0.2, 0.25) is 5.02 Å². The number of imide groups is 2. The van der Waals surface area contributed by atoms with E-state index in [1.165, 1.54) is 0 Å². The predicted octanol–water partition coefficient (Wildman–Crippen LogP) is 5.97. The van der Waals surface area contributed by atoms with E-state index in [2.05, 4.69) is 60.7 Å². The number of nitrogens with one attached hydrogen (secondary N) is 1. The van der Waals surface area contributed by atoms with Crippen molar-refractivity contribution in [3.8, 4) is 23.7 Å². The molecule has 1 atom stereocenters. The van der Waals surface area contributed by atoms with Crippen LogP contribution in [0.15, 0.2) is 48.5 Å². The molecule has 0 radical (unpaired) electrons. The number of hydrogen-bond acceptors (Lipinski definition) is 10. The maximum Gasteiger partial charge on any atom is 0.262 e. The van der Waals surface area contributed by atoms with Gasteiger partial charge in [-0.3, -0.25) is 39.1 Å². The molecule has 1 N–H and O–H groups in total. The number of likely N-dealkylation sites (tertiary alicyclic amines) is 1. The van der Waals surface area contributed by atoms with E-state index in [4.69, 9.17) is 21.3 Å². The van der Waals surface area contributed by atoms with Crippen LogP contribution < -0.4 is 15.0 Å². The molecular weight excluding hydrogens is 818 g/mol. The largest absolute Gasteiger partial charge is 0.489 e. The first-order valence-electron chi connectivity index (χ1n) is 22.1. The van der Waals surface area contributed by atoms with Gasteiger partial charge in [-0.15, -0.1) is 0 Å². The molecule has 6 heterocycles. The SMILES string of the molecule is CC1(C)C(Oc2ccc(C#N)c(Cl)c2)C(C)(C)C1N1Cc2nc(C#CC3CCC(N4CCC5(CN(c6ccc7c(c6)C(=O)N(C6CCC(=O)NC6=O)C7=O)C5)C4)CC3)ccc2C1=O. The first kappa shape index (κ1) is 41.3. The third-order valence-corrected chi connectivity index (χ3v) is 15.4. The number of amides is 5. The highest BCUT2D eigenvalue weighted by atomic mass is 35.5. The molecule has 1 unspecified atom stereocenters. The van der Waals surface area contributed by atoms with E-state index in [1.807, 2.05) is 23.1 Å². The Balaban J connectivity index is 0.714. The van der Waals surface area contributed by atoms with Crippen LogP contribution in [0.4, 0.5) is 5.69 Å². The Hall–Kier alpha value is -5.76. The Morgan fingerprint density at radius 3 is 2.29 bits per heavy atom. The molecule has 2 aromatic carbocycles. The summed E-state index contributed by atoms with van der Waals surface area (Å²) in [6, 6.07) is 15.8. The Labute approximate surface area is 372 Å². The zero-order valence-electron chi connectivity index (χ0n) is 36.0. The zero-order valence-corrected chi connectivity index (χ0v) is 36.8. The lowest BCUT2D eigenvalue weighted by Gasteiger charge is -2.65. The molecule has 63 heavy (non-hydrogen) atoms. The fourth-order valence-corrected chi connectivity index (χ4v) is 12.6. The lowest BCUT2D eigenvalue weighted by atomic mass is 9.49. The number of ether oxygens (including phenoxy) is 1. The number of anilines is 1. The van der Waals surface area contributed by atoms with Gasteiger partial charge in [-0.1, -0.05) is 45.2 Å². The molecule has 0 bridgehead atoms. The van der Waals surface area contributed by atoms with Crippen molar-refractivity contribution in [3.63, 3.8) is 0 Å². The second-order valence-corrected chi connectivity index (χ2v) is 20.4. The molecule has 1 spiro atoms. The number of carbonyl (C=O) groups excluding carboxylic acids is 5. The van der Waals surface area contributed by atoms with Crippen molar-refractivity contribution >= 4 is 46.8 Å². The van der Waals surface area contributed by atoms with Gasteiger partial charge in [0, 0.05) is 72.1 Å². The highest BCUT2D eigenvalue weighted by Gasteiger charge is 2.67. The summed E-state index contributed by atoms with van der Waals surface area (Å²) in [6.45, 7) is 12.8. The van der Waals surface area contributed by atoms with Crippen molar-refractivity contribution < 1.29 is 28.7 Å². The Morgan fingerprint density at radius 2 is 1.57 bits per heavy atom. The van der Waals surface area contributed by atoms with Gasteiger partial charge in [-0.2, -0.15) is 5.26 Å². The molecule has 3 saturated heterocycles. The van der Waals surface area contributed by atoms with Crippen molar-refractivity contribution in [1.29, 1.82) is 5.26 Å². The molecule has 5 amide bonds. The van der Waals surface area contributed by atoms with Crippen molar-refractivity contribution in [2.45, 2.75) is 103 Å². The second kappa shape index (κ2) is 14.9. The van der Waals surface area contributed by atoms with E-state index in [-0.39, 0.29) is 47.1 Å². The molecule has 3 aromatic rings. The molecule has 5 aliphatic heterocycles. The average molecular weight is 868 g/mol. The zero-order chi connectivity index (χ0) is 44.2. The summed E-state index contributed by atoms with van der Waals surface area (Å²) in [6.07, 6.45) is 5.42. The van der Waals surface area contributed by atoms with Gasteiger partial charge in [0.25, 0.3) is 17.7 Å². The number of benzene rings is 2. The lowest BCUT2D eigenvalue weighted by molar-refractivity contribution is -0.199. The van der Waals surface area contributed by atoms with Gasteiger partial charge in [0.2, 0.25) is 11.8 Å². The first-order chi connectivity index (χ1) is 30.1. The molecule has 7 aliphatic rings. The topological polar surface area (TPSA) is 156 Å². The van der Waals surface area contributed by atoms with Crippen LogP contribution in [0.5, 0.6) is 5.75 Å². The number of hydrogen-bond donors (Lipinski definition) is 1. The third kappa shape index (κ3) is 6.78. The first-order valence-corrected chi connectivity index (χ1v) is 22.5. The maximum absolute atomic E-state index is 13.8. The third-order valence-electron chi connectivity index (χ3n) is 15.1. The quantitative estimate of drug-likeness (QED) is 0.232. The molecular formula is C49H50ClN7O6. The van der Waals surface area contributed by atoms with Crippen LogP contribution in [-0.4, -0.2) is 99.6 Å². The number of fused-ring (bicyclic) bond motifs is 2. The number of piperidine rings is 1. The smallest absolute Gasteiger partial charge is 0.262 e. The van der Waals surface area contributed by atoms with Crippen LogP contribution in [0.3, 0.4) is 0 Å². The summed E-state index contributed by atoms with van der Waals surface area (Å²) >= 11 is 6.30. The fourth-order valence-electron chi connectivity index (χ4n) is 12.4. The van der Waals surface area contributed by atoms with Gasteiger partial charge in [0.15, 0.2) is 0 Å². The van der Waals surface area contributed by atoms with Gasteiger partial charge in [-0.05, 0) is 93.5 Å². The average Bonchev–Trinajstić information content (AvgIpc) is 3.90. The minimum Gasteiger partial charge on any atom is -0.489 e. The number of pyridine rings is 1. The van der Waals surface area contributed by atoms with Crippen LogP contribution in [0, 0.1) is 45.3 Å². The number of rotatable bonds is 6. The predicted molar refractivity (Wildman–Crippen MR) is 233 cm³/mol. The van der Waals surface area contributed by atoms with Crippen molar-refractivity contribution in [1.82, 2.24) is 25.0 Å². The molecule has 14 heteroatoms. The summed E-state index contributed by atoms with van der Waals surface area (Å²) in [5.41, 5.74) is 3.48. The molecule has 324 valence electrons. The molecule has 1 aromatic heterocycles. The van der Waals surface area contributed by atoms with Gasteiger partial charge in [0.1, 0.15) is 29.7 Å². The van der Waals surface area contributed by atoms with E-state index in [0.717, 1.165) is 74.6 Å². The number of nitrogens with zero attached hydrogens (tertiary/aromatic N) is 6. The molecule has 10 rings (SSSR count). The second-order valence-electron chi connectivity index (χ2n) is 19.9. The molecule has 13 nitrogen and oxygen atoms in total. The fraction of sp³-hybridized carbons (Fsp3) is 0.490. The Morgan fingerprint density at radius 1 is 0.841 bits per heavy atom. The number of aromatic nitrogens is 1. The van der Waals surface area contributed by atoms with Gasteiger partial charge in [0.05, 0.1) is 39.5 Å². The van der Waals surface area contributed by atoms with E-state index in [1.54, 1.807) is 30.3 Å². The molecule has 5 fully saturated rings. The minimum absolute atomic E-state index is 0.0165. The van der Waals surface area contributed by atoms with Crippen LogP contribution in [-0.2, 0) is 16.1 Å².